The summed E-state index contributed by atoms with van der Waals surface area (Å²) in [4.78, 5) is 40.0. The van der Waals surface area contributed by atoms with Gasteiger partial charge in [-0.3, -0.25) is 14.9 Å². The summed E-state index contributed by atoms with van der Waals surface area (Å²) in [5, 5.41) is 4.89. The fourth-order valence-corrected chi connectivity index (χ4v) is 4.74. The van der Waals surface area contributed by atoms with Crippen LogP contribution < -0.4 is 15.0 Å². The molecule has 0 saturated carbocycles. The zero-order valence-electron chi connectivity index (χ0n) is 21.2. The van der Waals surface area contributed by atoms with Gasteiger partial charge in [0.2, 0.25) is 0 Å². The lowest BCUT2D eigenvalue weighted by Gasteiger charge is -2.28. The van der Waals surface area contributed by atoms with E-state index in [1.54, 1.807) is 30.3 Å². The van der Waals surface area contributed by atoms with Gasteiger partial charge in [-0.1, -0.05) is 60.1 Å². The monoisotopic (exact) mass is 524 g/mol. The van der Waals surface area contributed by atoms with E-state index in [0.29, 0.717) is 22.0 Å². The molecule has 1 aliphatic rings. The van der Waals surface area contributed by atoms with Gasteiger partial charge in [-0.15, -0.1) is 0 Å². The van der Waals surface area contributed by atoms with Crippen molar-refractivity contribution >= 4 is 52.0 Å². The van der Waals surface area contributed by atoms with Gasteiger partial charge in [0.05, 0.1) is 5.69 Å². The Bertz CT molecular complexity index is 1660. The van der Waals surface area contributed by atoms with Gasteiger partial charge in [0, 0.05) is 16.1 Å². The number of halogens is 1. The quantitative estimate of drug-likeness (QED) is 0.234. The van der Waals surface area contributed by atoms with E-state index in [1.165, 1.54) is 6.08 Å². The number of anilines is 1. The zero-order valence-corrected chi connectivity index (χ0v) is 21.9. The predicted octanol–water partition coefficient (Wildman–Crippen LogP) is 6.66. The number of nitrogens with one attached hydrogen (secondary N) is 1. The predicted molar refractivity (Wildman–Crippen MR) is 149 cm³/mol. The van der Waals surface area contributed by atoms with Gasteiger partial charge >= 0.3 is 6.03 Å². The number of amides is 4. The van der Waals surface area contributed by atoms with Gasteiger partial charge < -0.3 is 4.74 Å². The lowest BCUT2D eigenvalue weighted by Crippen LogP contribution is -2.54. The number of carbonyl (C=O) groups is 3. The van der Waals surface area contributed by atoms with E-state index in [4.69, 9.17) is 16.3 Å². The SMILES string of the molecule is Cc1cccc(N2C(=O)NC(=O)/C(=C\c3cc(Cl)ccc3OCc3c(C)ccc4ccccc34)C2=O)c1C. The van der Waals surface area contributed by atoms with Crippen LogP contribution in [0.2, 0.25) is 5.02 Å². The molecule has 4 amide bonds. The second kappa shape index (κ2) is 10.1. The molecule has 1 heterocycles. The highest BCUT2D eigenvalue weighted by atomic mass is 35.5. The Labute approximate surface area is 225 Å². The van der Waals surface area contributed by atoms with E-state index in [1.807, 2.05) is 45.0 Å². The van der Waals surface area contributed by atoms with Crippen LogP contribution in [0.5, 0.6) is 5.75 Å². The number of nitrogens with zero attached hydrogens (tertiary/aromatic N) is 1. The zero-order chi connectivity index (χ0) is 27.0. The van der Waals surface area contributed by atoms with Gasteiger partial charge in [0.1, 0.15) is 17.9 Å². The van der Waals surface area contributed by atoms with Crippen molar-refractivity contribution in [2.24, 2.45) is 0 Å². The lowest BCUT2D eigenvalue weighted by molar-refractivity contribution is -0.122. The van der Waals surface area contributed by atoms with Crippen LogP contribution in [-0.4, -0.2) is 17.8 Å². The maximum atomic E-state index is 13.5. The fourth-order valence-electron chi connectivity index (χ4n) is 4.56. The average Bonchev–Trinajstić information content (AvgIpc) is 2.89. The third-order valence-corrected chi connectivity index (χ3v) is 7.07. The molecule has 190 valence electrons. The number of fused-ring (bicyclic) bond motifs is 1. The molecule has 0 spiro atoms. The van der Waals surface area contributed by atoms with Crippen molar-refractivity contribution in [2.45, 2.75) is 27.4 Å². The molecule has 4 aromatic rings. The average molecular weight is 525 g/mol. The first-order valence-electron chi connectivity index (χ1n) is 12.1. The molecule has 0 bridgehead atoms. The number of hydrogen-bond donors (Lipinski definition) is 1. The largest absolute Gasteiger partial charge is 0.488 e. The number of barbiturate groups is 1. The molecule has 6 nitrogen and oxygen atoms in total. The number of aryl methyl sites for hydroxylation is 2. The summed E-state index contributed by atoms with van der Waals surface area (Å²) in [5.41, 5.74) is 4.47. The summed E-state index contributed by atoms with van der Waals surface area (Å²) >= 11 is 6.28. The van der Waals surface area contributed by atoms with Crippen LogP contribution in [0.4, 0.5) is 10.5 Å². The highest BCUT2D eigenvalue weighted by Gasteiger charge is 2.37. The number of hydrogen-bond acceptors (Lipinski definition) is 4. The standard InChI is InChI=1S/C31H25ClN2O4/c1-18-7-6-10-27(20(18)3)34-30(36)25(29(35)33-31(34)37)16-22-15-23(32)13-14-28(22)38-17-26-19(2)11-12-21-8-4-5-9-24(21)26/h4-16H,17H2,1-3H3,(H,33,35,37)/b25-16+. The van der Waals surface area contributed by atoms with Crippen LogP contribution in [-0.2, 0) is 16.2 Å². The van der Waals surface area contributed by atoms with Crippen molar-refractivity contribution in [3.8, 4) is 5.75 Å². The summed E-state index contributed by atoms with van der Waals surface area (Å²) < 4.78 is 6.22. The first kappa shape index (κ1) is 25.2. The van der Waals surface area contributed by atoms with Crippen molar-refractivity contribution < 1.29 is 19.1 Å². The molecule has 1 N–H and O–H groups in total. The van der Waals surface area contributed by atoms with Crippen molar-refractivity contribution in [1.82, 2.24) is 5.32 Å². The number of rotatable bonds is 5. The van der Waals surface area contributed by atoms with Gasteiger partial charge in [0.15, 0.2) is 0 Å². The van der Waals surface area contributed by atoms with Gasteiger partial charge in [0.25, 0.3) is 11.8 Å². The Morgan fingerprint density at radius 2 is 1.68 bits per heavy atom. The molecule has 0 aromatic heterocycles. The van der Waals surface area contributed by atoms with E-state index in [2.05, 4.69) is 23.5 Å². The number of urea groups is 1. The molecular weight excluding hydrogens is 500 g/mol. The molecular formula is C31H25ClN2O4. The molecule has 0 unspecified atom stereocenters. The molecule has 0 radical (unpaired) electrons. The minimum atomic E-state index is -0.792. The molecule has 4 aromatic carbocycles. The van der Waals surface area contributed by atoms with E-state index in [9.17, 15) is 14.4 Å². The molecule has 1 aliphatic heterocycles. The summed E-state index contributed by atoms with van der Waals surface area (Å²) in [6.07, 6.45) is 1.42. The number of imide groups is 2. The molecule has 1 saturated heterocycles. The highest BCUT2D eigenvalue weighted by Crippen LogP contribution is 2.31. The molecule has 5 rings (SSSR count). The van der Waals surface area contributed by atoms with Crippen molar-refractivity contribution in [1.29, 1.82) is 0 Å². The Hall–Kier alpha value is -4.42. The Balaban J connectivity index is 1.52. The third-order valence-electron chi connectivity index (χ3n) is 6.84. The maximum Gasteiger partial charge on any atom is 0.335 e. The van der Waals surface area contributed by atoms with Gasteiger partial charge in [-0.05, 0) is 78.6 Å². The van der Waals surface area contributed by atoms with E-state index in [0.717, 1.165) is 37.9 Å². The Morgan fingerprint density at radius 3 is 2.50 bits per heavy atom. The van der Waals surface area contributed by atoms with Crippen LogP contribution >= 0.6 is 11.6 Å². The number of ether oxygens (including phenoxy) is 1. The molecule has 0 aliphatic carbocycles. The van der Waals surface area contributed by atoms with Gasteiger partial charge in [-0.25, -0.2) is 9.69 Å². The molecule has 38 heavy (non-hydrogen) atoms. The summed E-state index contributed by atoms with van der Waals surface area (Å²) in [6, 6.07) is 21.7. The minimum Gasteiger partial charge on any atom is -0.488 e. The smallest absolute Gasteiger partial charge is 0.335 e. The van der Waals surface area contributed by atoms with E-state index >= 15 is 0 Å². The van der Waals surface area contributed by atoms with Crippen molar-refractivity contribution in [2.75, 3.05) is 4.90 Å². The van der Waals surface area contributed by atoms with Crippen LogP contribution in [0, 0.1) is 20.8 Å². The topological polar surface area (TPSA) is 75.7 Å². The molecule has 7 heteroatoms. The van der Waals surface area contributed by atoms with E-state index in [-0.39, 0.29) is 12.2 Å². The summed E-state index contributed by atoms with van der Waals surface area (Å²) in [5.74, 6) is -1.05. The Kier molecular flexibility index (Phi) is 6.74. The molecule has 0 atom stereocenters. The van der Waals surface area contributed by atoms with Crippen LogP contribution in [0.1, 0.15) is 27.8 Å². The Morgan fingerprint density at radius 1 is 0.895 bits per heavy atom. The van der Waals surface area contributed by atoms with Gasteiger partial charge in [-0.2, -0.15) is 0 Å². The summed E-state index contributed by atoms with van der Waals surface area (Å²) in [6.45, 7) is 6.02. The normalized spacial score (nSPS) is 14.8. The van der Waals surface area contributed by atoms with Crippen LogP contribution in [0.3, 0.4) is 0 Å². The first-order chi connectivity index (χ1) is 18.2. The second-order valence-electron chi connectivity index (χ2n) is 9.23. The van der Waals surface area contributed by atoms with Crippen molar-refractivity contribution in [3.05, 3.63) is 111 Å². The van der Waals surface area contributed by atoms with Crippen LogP contribution in [0.25, 0.3) is 16.8 Å². The van der Waals surface area contributed by atoms with Crippen LogP contribution in [0.15, 0.2) is 78.4 Å². The molecule has 1 fully saturated rings. The minimum absolute atomic E-state index is 0.195. The third kappa shape index (κ3) is 4.66. The highest BCUT2D eigenvalue weighted by molar-refractivity contribution is 6.39. The maximum absolute atomic E-state index is 13.5. The van der Waals surface area contributed by atoms with Crippen molar-refractivity contribution in [3.63, 3.8) is 0 Å². The first-order valence-corrected chi connectivity index (χ1v) is 12.5. The number of carbonyl (C=O) groups excluding carboxylic acids is 3. The summed E-state index contributed by atoms with van der Waals surface area (Å²) in [7, 11) is 0. The second-order valence-corrected chi connectivity index (χ2v) is 9.67. The number of benzene rings is 4. The lowest BCUT2D eigenvalue weighted by atomic mass is 10.0. The fraction of sp³-hybridized carbons (Fsp3) is 0.129. The van der Waals surface area contributed by atoms with E-state index < -0.39 is 17.8 Å².